The largest absolute Gasteiger partial charge is 0.350 e. The van der Waals surface area contributed by atoms with Gasteiger partial charge in [-0.15, -0.1) is 0 Å². The predicted molar refractivity (Wildman–Crippen MR) is 76.0 cm³/mol. The van der Waals surface area contributed by atoms with Crippen molar-refractivity contribution in [2.45, 2.75) is 44.6 Å². The van der Waals surface area contributed by atoms with E-state index in [0.29, 0.717) is 6.42 Å². The Balaban J connectivity index is 3.13. The zero-order valence-corrected chi connectivity index (χ0v) is 12.5. The van der Waals surface area contributed by atoms with Gasteiger partial charge in [-0.1, -0.05) is 26.0 Å². The van der Waals surface area contributed by atoms with Crippen molar-refractivity contribution >= 4 is 15.7 Å². The highest BCUT2D eigenvalue weighted by Gasteiger charge is 2.21. The Morgan fingerprint density at radius 2 is 1.89 bits per heavy atom. The van der Waals surface area contributed by atoms with Gasteiger partial charge in [0.05, 0.1) is 16.2 Å². The summed E-state index contributed by atoms with van der Waals surface area (Å²) >= 11 is 0. The summed E-state index contributed by atoms with van der Waals surface area (Å²) in [4.78, 5) is 12.2. The molecule has 4 nitrogen and oxygen atoms in total. The van der Waals surface area contributed by atoms with E-state index in [9.17, 15) is 13.2 Å². The average molecular weight is 283 g/mol. The van der Waals surface area contributed by atoms with Gasteiger partial charge in [-0.05, 0) is 31.9 Å². The van der Waals surface area contributed by atoms with E-state index in [0.717, 1.165) is 6.42 Å². The van der Waals surface area contributed by atoms with E-state index >= 15 is 0 Å². The van der Waals surface area contributed by atoms with Gasteiger partial charge < -0.3 is 5.32 Å². The number of rotatable bonds is 6. The number of benzene rings is 1. The maximum absolute atomic E-state index is 12.1. The van der Waals surface area contributed by atoms with Crippen LogP contribution in [-0.2, 0) is 9.84 Å². The molecular formula is C14H21NO3S. The van der Waals surface area contributed by atoms with Crippen molar-refractivity contribution in [2.75, 3.05) is 5.75 Å². The van der Waals surface area contributed by atoms with Crippen LogP contribution in [0.25, 0.3) is 0 Å². The minimum atomic E-state index is -3.39. The summed E-state index contributed by atoms with van der Waals surface area (Å²) in [6.45, 7) is 5.66. The highest BCUT2D eigenvalue weighted by molar-refractivity contribution is 7.91. The lowest BCUT2D eigenvalue weighted by molar-refractivity contribution is 0.0936. The fraction of sp³-hybridized carbons (Fsp3) is 0.500. The van der Waals surface area contributed by atoms with Gasteiger partial charge in [0.1, 0.15) is 0 Å². The van der Waals surface area contributed by atoms with Crippen LogP contribution in [-0.4, -0.2) is 26.1 Å². The van der Waals surface area contributed by atoms with Crippen LogP contribution in [0.4, 0.5) is 0 Å². The first-order valence-electron chi connectivity index (χ1n) is 6.55. The average Bonchev–Trinajstić information content (AvgIpc) is 2.38. The topological polar surface area (TPSA) is 63.2 Å². The maximum atomic E-state index is 12.1. The van der Waals surface area contributed by atoms with E-state index < -0.39 is 9.84 Å². The van der Waals surface area contributed by atoms with Crippen LogP contribution in [0.5, 0.6) is 0 Å². The zero-order chi connectivity index (χ0) is 14.5. The SMILES string of the molecule is CCCS(=O)(=O)c1ccccc1C(=O)N[C@@H](C)CC. The van der Waals surface area contributed by atoms with Crippen LogP contribution in [0.1, 0.15) is 44.0 Å². The molecular weight excluding hydrogens is 262 g/mol. The van der Waals surface area contributed by atoms with E-state index in [-0.39, 0.29) is 28.2 Å². The minimum absolute atomic E-state index is 0.0226. The molecule has 1 N–H and O–H groups in total. The normalized spacial score (nSPS) is 13.0. The summed E-state index contributed by atoms with van der Waals surface area (Å²) in [6.07, 6.45) is 1.33. The summed E-state index contributed by atoms with van der Waals surface area (Å²) in [5, 5.41) is 2.80. The number of carbonyl (C=O) groups excluding carboxylic acids is 1. The molecule has 0 aliphatic carbocycles. The highest BCUT2D eigenvalue weighted by Crippen LogP contribution is 2.18. The number of hydrogen-bond donors (Lipinski definition) is 1. The Morgan fingerprint density at radius 3 is 2.47 bits per heavy atom. The van der Waals surface area contributed by atoms with Gasteiger partial charge in [-0.3, -0.25) is 4.79 Å². The Kier molecular flexibility index (Phi) is 5.54. The molecule has 0 saturated carbocycles. The van der Waals surface area contributed by atoms with E-state index in [2.05, 4.69) is 5.32 Å². The van der Waals surface area contributed by atoms with Gasteiger partial charge in [-0.25, -0.2) is 8.42 Å². The lowest BCUT2D eigenvalue weighted by atomic mass is 10.2. The van der Waals surface area contributed by atoms with Crippen LogP contribution in [0, 0.1) is 0 Å². The van der Waals surface area contributed by atoms with E-state index in [4.69, 9.17) is 0 Å². The summed E-state index contributed by atoms with van der Waals surface area (Å²) < 4.78 is 24.3. The Bertz CT molecular complexity index is 537. The second-order valence-corrected chi connectivity index (χ2v) is 6.68. The molecule has 1 rings (SSSR count). The highest BCUT2D eigenvalue weighted by atomic mass is 32.2. The number of hydrogen-bond acceptors (Lipinski definition) is 3. The van der Waals surface area contributed by atoms with Crippen molar-refractivity contribution < 1.29 is 13.2 Å². The number of sulfone groups is 1. The second kappa shape index (κ2) is 6.70. The number of nitrogens with one attached hydrogen (secondary N) is 1. The zero-order valence-electron chi connectivity index (χ0n) is 11.6. The molecule has 0 aromatic heterocycles. The molecule has 1 amide bonds. The van der Waals surface area contributed by atoms with Crippen molar-refractivity contribution in [2.24, 2.45) is 0 Å². The van der Waals surface area contributed by atoms with Crippen molar-refractivity contribution in [3.63, 3.8) is 0 Å². The first-order chi connectivity index (χ1) is 8.92. The molecule has 106 valence electrons. The maximum Gasteiger partial charge on any atom is 0.252 e. The van der Waals surface area contributed by atoms with Gasteiger partial charge >= 0.3 is 0 Å². The molecule has 0 saturated heterocycles. The van der Waals surface area contributed by atoms with Gasteiger partial charge in [-0.2, -0.15) is 0 Å². The van der Waals surface area contributed by atoms with Crippen molar-refractivity contribution in [3.05, 3.63) is 29.8 Å². The van der Waals surface area contributed by atoms with E-state index in [1.54, 1.807) is 25.1 Å². The third-order valence-corrected chi connectivity index (χ3v) is 4.90. The molecule has 0 aliphatic rings. The van der Waals surface area contributed by atoms with Crippen molar-refractivity contribution in [3.8, 4) is 0 Å². The van der Waals surface area contributed by atoms with Crippen molar-refractivity contribution in [1.29, 1.82) is 0 Å². The molecule has 19 heavy (non-hydrogen) atoms. The van der Waals surface area contributed by atoms with E-state index in [1.807, 2.05) is 13.8 Å². The third-order valence-electron chi connectivity index (χ3n) is 2.93. The summed E-state index contributed by atoms with van der Waals surface area (Å²) in [7, 11) is -3.39. The Morgan fingerprint density at radius 1 is 1.26 bits per heavy atom. The van der Waals surface area contributed by atoms with Crippen LogP contribution >= 0.6 is 0 Å². The molecule has 1 atom stereocenters. The van der Waals surface area contributed by atoms with Gasteiger partial charge in [0.15, 0.2) is 9.84 Å². The van der Waals surface area contributed by atoms with Gasteiger partial charge in [0.2, 0.25) is 0 Å². The third kappa shape index (κ3) is 4.06. The Labute approximate surface area is 115 Å². The smallest absolute Gasteiger partial charge is 0.252 e. The number of amides is 1. The molecule has 1 aromatic rings. The van der Waals surface area contributed by atoms with Crippen LogP contribution in [0.15, 0.2) is 29.2 Å². The first kappa shape index (κ1) is 15.7. The molecule has 0 radical (unpaired) electrons. The number of carbonyl (C=O) groups is 1. The van der Waals surface area contributed by atoms with E-state index in [1.165, 1.54) is 6.07 Å². The second-order valence-electron chi connectivity index (χ2n) is 4.60. The molecule has 0 bridgehead atoms. The minimum Gasteiger partial charge on any atom is -0.350 e. The molecule has 5 heteroatoms. The van der Waals surface area contributed by atoms with Crippen LogP contribution < -0.4 is 5.32 Å². The first-order valence-corrected chi connectivity index (χ1v) is 8.20. The van der Waals surface area contributed by atoms with Gasteiger partial charge in [0, 0.05) is 6.04 Å². The lowest BCUT2D eigenvalue weighted by Crippen LogP contribution is -2.33. The monoisotopic (exact) mass is 283 g/mol. The Hall–Kier alpha value is -1.36. The molecule has 0 fully saturated rings. The summed E-state index contributed by atoms with van der Waals surface area (Å²) in [5.74, 6) is -0.273. The molecule has 0 spiro atoms. The molecule has 0 aliphatic heterocycles. The molecule has 0 unspecified atom stereocenters. The summed E-state index contributed by atoms with van der Waals surface area (Å²) in [5.41, 5.74) is 0.233. The molecule has 0 heterocycles. The summed E-state index contributed by atoms with van der Waals surface area (Å²) in [6, 6.07) is 6.39. The molecule has 1 aromatic carbocycles. The van der Waals surface area contributed by atoms with Crippen LogP contribution in [0.2, 0.25) is 0 Å². The van der Waals surface area contributed by atoms with Crippen LogP contribution in [0.3, 0.4) is 0 Å². The van der Waals surface area contributed by atoms with Crippen molar-refractivity contribution in [1.82, 2.24) is 5.32 Å². The quantitative estimate of drug-likeness (QED) is 0.872. The van der Waals surface area contributed by atoms with Gasteiger partial charge in [0.25, 0.3) is 5.91 Å². The lowest BCUT2D eigenvalue weighted by Gasteiger charge is -2.14. The standard InChI is InChI=1S/C14H21NO3S/c1-4-10-19(17,18)13-9-7-6-8-12(13)14(16)15-11(3)5-2/h6-9,11H,4-5,10H2,1-3H3,(H,15,16)/t11-/m0/s1. The predicted octanol–water partition coefficient (Wildman–Crippen LogP) is 2.40. The fourth-order valence-electron chi connectivity index (χ4n) is 1.71. The fourth-order valence-corrected chi connectivity index (χ4v) is 3.25.